The molecule has 6 nitrogen and oxygen atoms in total. The number of nitrogens with one attached hydrogen (secondary N) is 1. The second-order valence-electron chi connectivity index (χ2n) is 9.89. The molecule has 0 spiro atoms. The Morgan fingerprint density at radius 1 is 0.974 bits per heavy atom. The van der Waals surface area contributed by atoms with Crippen LogP contribution < -0.4 is 15.0 Å². The maximum atomic E-state index is 13.1. The summed E-state index contributed by atoms with van der Waals surface area (Å²) in [6.07, 6.45) is 1.95. The number of rotatable bonds is 8. The number of aryl methyl sites for hydroxylation is 1. The van der Waals surface area contributed by atoms with E-state index in [0.29, 0.717) is 16.7 Å². The predicted molar refractivity (Wildman–Crippen MR) is 154 cm³/mol. The maximum Gasteiger partial charge on any atom is 0.336 e. The number of carboxylic acid groups (broad SMARTS) is 1. The molecule has 5 rings (SSSR count). The molecule has 1 heterocycles. The Kier molecular flexibility index (Phi) is 7.64. The van der Waals surface area contributed by atoms with E-state index in [-0.39, 0.29) is 11.9 Å². The molecule has 2 N–H and O–H groups in total. The SMILES string of the molecule is COc1cccc([C@H](C)NC(=O)c2ccc3c(c2)CCCN3Cc2ccc(-c3ccccc3C(=O)O)cc2)c1. The van der Waals surface area contributed by atoms with Gasteiger partial charge in [-0.1, -0.05) is 54.6 Å². The smallest absolute Gasteiger partial charge is 0.336 e. The van der Waals surface area contributed by atoms with Crippen molar-refractivity contribution in [1.29, 1.82) is 0 Å². The Balaban J connectivity index is 1.28. The minimum Gasteiger partial charge on any atom is -0.497 e. The van der Waals surface area contributed by atoms with Crippen LogP contribution >= 0.6 is 0 Å². The molecule has 0 saturated carbocycles. The molecule has 1 atom stereocenters. The number of fused-ring (bicyclic) bond motifs is 1. The highest BCUT2D eigenvalue weighted by molar-refractivity contribution is 5.96. The van der Waals surface area contributed by atoms with Gasteiger partial charge < -0.3 is 20.1 Å². The summed E-state index contributed by atoms with van der Waals surface area (Å²) in [6.45, 7) is 3.65. The van der Waals surface area contributed by atoms with Crippen LogP contribution in [0.4, 0.5) is 5.69 Å². The summed E-state index contributed by atoms with van der Waals surface area (Å²) >= 11 is 0. The number of hydrogen-bond donors (Lipinski definition) is 2. The van der Waals surface area contributed by atoms with E-state index < -0.39 is 5.97 Å². The van der Waals surface area contributed by atoms with Crippen LogP contribution in [-0.2, 0) is 13.0 Å². The summed E-state index contributed by atoms with van der Waals surface area (Å²) < 4.78 is 5.31. The van der Waals surface area contributed by atoms with E-state index in [4.69, 9.17) is 4.74 Å². The molecule has 0 unspecified atom stereocenters. The first-order chi connectivity index (χ1) is 18.9. The third-order valence-electron chi connectivity index (χ3n) is 7.29. The second kappa shape index (κ2) is 11.4. The van der Waals surface area contributed by atoms with E-state index in [1.54, 1.807) is 19.2 Å². The van der Waals surface area contributed by atoms with Crippen LogP contribution in [0.2, 0.25) is 0 Å². The first kappa shape index (κ1) is 26.0. The van der Waals surface area contributed by atoms with Crippen molar-refractivity contribution in [3.63, 3.8) is 0 Å². The van der Waals surface area contributed by atoms with Crippen LogP contribution in [0.3, 0.4) is 0 Å². The molecular weight excluding hydrogens is 488 g/mol. The van der Waals surface area contributed by atoms with Gasteiger partial charge in [0.05, 0.1) is 18.7 Å². The Labute approximate surface area is 228 Å². The highest BCUT2D eigenvalue weighted by Crippen LogP contribution is 2.31. The van der Waals surface area contributed by atoms with Crippen molar-refractivity contribution in [1.82, 2.24) is 5.32 Å². The molecule has 0 saturated heterocycles. The predicted octanol–water partition coefficient (Wildman–Crippen LogP) is 6.50. The quantitative estimate of drug-likeness (QED) is 0.277. The molecule has 1 aliphatic rings. The number of methoxy groups -OCH3 is 1. The van der Waals surface area contributed by atoms with Crippen LogP contribution in [0.5, 0.6) is 5.75 Å². The fourth-order valence-electron chi connectivity index (χ4n) is 5.19. The van der Waals surface area contributed by atoms with E-state index in [2.05, 4.69) is 28.4 Å². The van der Waals surface area contributed by atoms with Gasteiger partial charge in [-0.2, -0.15) is 0 Å². The Morgan fingerprint density at radius 2 is 1.77 bits per heavy atom. The van der Waals surface area contributed by atoms with Gasteiger partial charge in [0, 0.05) is 24.3 Å². The first-order valence-corrected chi connectivity index (χ1v) is 13.2. The number of carboxylic acids is 1. The Hall–Kier alpha value is -4.58. The second-order valence-corrected chi connectivity index (χ2v) is 9.89. The summed E-state index contributed by atoms with van der Waals surface area (Å²) in [4.78, 5) is 27.0. The van der Waals surface area contributed by atoms with Crippen molar-refractivity contribution >= 4 is 17.6 Å². The zero-order valence-electron chi connectivity index (χ0n) is 22.2. The van der Waals surface area contributed by atoms with E-state index in [0.717, 1.165) is 54.1 Å². The molecular formula is C33H32N2O4. The van der Waals surface area contributed by atoms with Crippen molar-refractivity contribution in [3.05, 3.63) is 119 Å². The van der Waals surface area contributed by atoms with Crippen LogP contribution in [0.15, 0.2) is 91.0 Å². The maximum absolute atomic E-state index is 13.1. The van der Waals surface area contributed by atoms with Crippen LogP contribution in [0.1, 0.15) is 56.8 Å². The molecule has 0 aliphatic carbocycles. The molecule has 4 aromatic carbocycles. The lowest BCUT2D eigenvalue weighted by molar-refractivity contribution is 0.0697. The van der Waals surface area contributed by atoms with Crippen molar-refractivity contribution in [2.75, 3.05) is 18.6 Å². The number of aromatic carboxylic acids is 1. The lowest BCUT2D eigenvalue weighted by Gasteiger charge is -2.32. The fraction of sp³-hybridized carbons (Fsp3) is 0.212. The van der Waals surface area contributed by atoms with Crippen molar-refractivity contribution in [3.8, 4) is 16.9 Å². The standard InChI is InChI=1S/C33H32N2O4/c1-22(25-7-5-9-28(20-25)39-2)34-32(36)27-16-17-31-26(19-27)8-6-18-35(31)21-23-12-14-24(15-13-23)29-10-3-4-11-30(29)33(37)38/h3-5,7,9-17,19-20,22H,6,8,18,21H2,1-2H3,(H,34,36)(H,37,38)/t22-/m0/s1. The van der Waals surface area contributed by atoms with Gasteiger partial charge in [-0.25, -0.2) is 4.79 Å². The lowest BCUT2D eigenvalue weighted by atomic mass is 9.97. The third kappa shape index (κ3) is 5.80. The van der Waals surface area contributed by atoms with Gasteiger partial charge in [0.15, 0.2) is 0 Å². The number of hydrogen-bond acceptors (Lipinski definition) is 4. The minimum atomic E-state index is -0.928. The molecule has 0 radical (unpaired) electrons. The van der Waals surface area contributed by atoms with Crippen molar-refractivity contribution in [2.24, 2.45) is 0 Å². The van der Waals surface area contributed by atoms with Gasteiger partial charge in [-0.15, -0.1) is 0 Å². The molecule has 198 valence electrons. The average molecular weight is 521 g/mol. The number of carbonyl (C=O) groups is 2. The number of nitrogens with zero attached hydrogens (tertiary/aromatic N) is 1. The van der Waals surface area contributed by atoms with Gasteiger partial charge >= 0.3 is 5.97 Å². The zero-order chi connectivity index (χ0) is 27.4. The number of anilines is 1. The van der Waals surface area contributed by atoms with E-state index in [9.17, 15) is 14.7 Å². The molecule has 4 aromatic rings. The van der Waals surface area contributed by atoms with E-state index in [1.165, 1.54) is 5.56 Å². The van der Waals surface area contributed by atoms with Gasteiger partial charge in [0.1, 0.15) is 5.75 Å². The highest BCUT2D eigenvalue weighted by Gasteiger charge is 2.20. The molecule has 1 amide bonds. The number of benzene rings is 4. The average Bonchev–Trinajstić information content (AvgIpc) is 2.97. The fourth-order valence-corrected chi connectivity index (χ4v) is 5.19. The normalized spacial score (nSPS) is 13.3. The van der Waals surface area contributed by atoms with Crippen molar-refractivity contribution < 1.29 is 19.4 Å². The third-order valence-corrected chi connectivity index (χ3v) is 7.29. The van der Waals surface area contributed by atoms with Gasteiger partial charge in [0.2, 0.25) is 0 Å². The van der Waals surface area contributed by atoms with Gasteiger partial charge in [0.25, 0.3) is 5.91 Å². The highest BCUT2D eigenvalue weighted by atomic mass is 16.5. The summed E-state index contributed by atoms with van der Waals surface area (Å²) in [5.74, 6) is -0.257. The first-order valence-electron chi connectivity index (χ1n) is 13.2. The zero-order valence-corrected chi connectivity index (χ0v) is 22.2. The van der Waals surface area contributed by atoms with Gasteiger partial charge in [-0.3, -0.25) is 4.79 Å². The molecule has 6 heteroatoms. The van der Waals surface area contributed by atoms with Gasteiger partial charge in [-0.05, 0) is 84.0 Å². The lowest BCUT2D eigenvalue weighted by Crippen LogP contribution is -2.30. The number of carbonyl (C=O) groups excluding carboxylic acids is 1. The molecule has 1 aliphatic heterocycles. The van der Waals surface area contributed by atoms with E-state index >= 15 is 0 Å². The molecule has 0 aromatic heterocycles. The largest absolute Gasteiger partial charge is 0.497 e. The van der Waals surface area contributed by atoms with E-state index in [1.807, 2.05) is 67.6 Å². The van der Waals surface area contributed by atoms with Crippen LogP contribution in [-0.4, -0.2) is 30.6 Å². The Morgan fingerprint density at radius 3 is 2.54 bits per heavy atom. The topological polar surface area (TPSA) is 78.9 Å². The van der Waals surface area contributed by atoms with Crippen molar-refractivity contribution in [2.45, 2.75) is 32.4 Å². The monoisotopic (exact) mass is 520 g/mol. The van der Waals surface area contributed by atoms with Crippen LogP contribution in [0, 0.1) is 0 Å². The molecule has 39 heavy (non-hydrogen) atoms. The Bertz CT molecular complexity index is 1500. The molecule has 0 bridgehead atoms. The minimum absolute atomic E-state index is 0.0949. The summed E-state index contributed by atoms with van der Waals surface area (Å²) in [6, 6.07) is 28.7. The summed E-state index contributed by atoms with van der Waals surface area (Å²) in [5, 5.41) is 12.6. The summed E-state index contributed by atoms with van der Waals surface area (Å²) in [7, 11) is 1.63. The number of ether oxygens (including phenoxy) is 1. The summed E-state index contributed by atoms with van der Waals surface area (Å²) in [5.41, 5.74) is 7.02. The molecule has 0 fully saturated rings. The van der Waals surface area contributed by atoms with Crippen LogP contribution in [0.25, 0.3) is 11.1 Å². The number of amides is 1.